The van der Waals surface area contributed by atoms with Gasteiger partial charge in [0.1, 0.15) is 18.3 Å². The van der Waals surface area contributed by atoms with Crippen molar-refractivity contribution in [3.05, 3.63) is 47.0 Å². The lowest BCUT2D eigenvalue weighted by Crippen LogP contribution is -2.79. The summed E-state index contributed by atoms with van der Waals surface area (Å²) in [5.41, 5.74) is -6.14. The molecule has 48 heavy (non-hydrogen) atoms. The third kappa shape index (κ3) is 5.39. The van der Waals surface area contributed by atoms with Crippen molar-refractivity contribution in [3.63, 3.8) is 0 Å². The highest BCUT2D eigenvalue weighted by atomic mass is 16.6. The van der Waals surface area contributed by atoms with Gasteiger partial charge in [0, 0.05) is 34.1 Å². The molecule has 1 saturated heterocycles. The maximum atomic E-state index is 13.9. The maximum Gasteiger partial charge on any atom is 0.338 e. The molecule has 1 aromatic rings. The van der Waals surface area contributed by atoms with E-state index in [1.165, 1.54) is 46.8 Å². The van der Waals surface area contributed by atoms with Crippen molar-refractivity contribution in [1.82, 2.24) is 0 Å². The predicted molar refractivity (Wildman–Crippen MR) is 165 cm³/mol. The number of carbonyl (C=O) groups excluding carboxylic acids is 5. The van der Waals surface area contributed by atoms with E-state index in [0.717, 1.165) is 6.92 Å². The number of ether oxygens (including phenoxy) is 6. The number of aliphatic hydroxyl groups excluding tert-OH is 1. The van der Waals surface area contributed by atoms with E-state index >= 15 is 0 Å². The summed E-state index contributed by atoms with van der Waals surface area (Å²) in [4.78, 5) is 65.7. The van der Waals surface area contributed by atoms with Crippen LogP contribution in [-0.4, -0.2) is 94.5 Å². The van der Waals surface area contributed by atoms with Gasteiger partial charge in [0.15, 0.2) is 17.8 Å². The van der Waals surface area contributed by atoms with Crippen LogP contribution in [0.2, 0.25) is 0 Å². The number of fused-ring (bicyclic) bond motifs is 4. The van der Waals surface area contributed by atoms with E-state index in [9.17, 15) is 34.2 Å². The summed E-state index contributed by atoms with van der Waals surface area (Å²) < 4.78 is 36.7. The zero-order chi connectivity index (χ0) is 35.6. The number of aliphatic hydroxyl groups is 2. The van der Waals surface area contributed by atoms with Gasteiger partial charge in [0.05, 0.1) is 40.6 Å². The van der Waals surface area contributed by atoms with Gasteiger partial charge in [-0.3, -0.25) is 19.2 Å². The lowest BCUT2D eigenvalue weighted by Gasteiger charge is -2.65. The van der Waals surface area contributed by atoms with E-state index < -0.39 is 94.4 Å². The molecule has 4 aliphatic rings. The van der Waals surface area contributed by atoms with Gasteiger partial charge in [0.25, 0.3) is 0 Å². The van der Waals surface area contributed by atoms with Crippen LogP contribution in [0.1, 0.15) is 78.6 Å². The van der Waals surface area contributed by atoms with Crippen molar-refractivity contribution in [1.29, 1.82) is 0 Å². The summed E-state index contributed by atoms with van der Waals surface area (Å²) in [5.74, 6) is -4.96. The normalized spacial score (nSPS) is 37.0. The van der Waals surface area contributed by atoms with Crippen LogP contribution in [0.25, 0.3) is 0 Å². The molecule has 3 aliphatic carbocycles. The van der Waals surface area contributed by atoms with Gasteiger partial charge in [-0.15, -0.1) is 0 Å². The van der Waals surface area contributed by atoms with Crippen molar-refractivity contribution >= 4 is 29.8 Å². The highest BCUT2D eigenvalue weighted by Gasteiger charge is 2.80. The Balaban J connectivity index is 1.93. The Morgan fingerprint density at radius 2 is 1.46 bits per heavy atom. The van der Waals surface area contributed by atoms with Crippen LogP contribution < -0.4 is 0 Å². The van der Waals surface area contributed by atoms with Crippen LogP contribution >= 0.6 is 0 Å². The smallest absolute Gasteiger partial charge is 0.338 e. The molecule has 2 N–H and O–H groups in total. The molecule has 5 rings (SSSR count). The average molecular weight is 673 g/mol. The van der Waals surface area contributed by atoms with Crippen LogP contribution in [0.4, 0.5) is 0 Å². The van der Waals surface area contributed by atoms with E-state index in [4.69, 9.17) is 28.4 Å². The molecule has 1 heterocycles. The highest BCUT2D eigenvalue weighted by molar-refractivity contribution is 5.89. The van der Waals surface area contributed by atoms with Crippen LogP contribution in [-0.2, 0) is 47.6 Å². The van der Waals surface area contributed by atoms with Gasteiger partial charge in [-0.2, -0.15) is 0 Å². The summed E-state index contributed by atoms with van der Waals surface area (Å²) in [7, 11) is 0. The van der Waals surface area contributed by atoms with Gasteiger partial charge in [0.2, 0.25) is 0 Å². The Labute approximate surface area is 278 Å². The molecule has 1 aromatic carbocycles. The van der Waals surface area contributed by atoms with Crippen LogP contribution in [0.15, 0.2) is 41.5 Å². The molecule has 0 amide bonds. The largest absolute Gasteiger partial charge is 0.462 e. The van der Waals surface area contributed by atoms with Crippen LogP contribution in [0, 0.1) is 16.7 Å². The van der Waals surface area contributed by atoms with E-state index in [-0.39, 0.29) is 30.6 Å². The molecule has 0 aromatic heterocycles. The fourth-order valence-corrected chi connectivity index (χ4v) is 8.97. The third-order valence-electron chi connectivity index (χ3n) is 10.8. The number of hydrogen-bond acceptors (Lipinski definition) is 13. The first-order chi connectivity index (χ1) is 22.3. The number of benzene rings is 1. The van der Waals surface area contributed by atoms with E-state index in [1.54, 1.807) is 32.0 Å². The van der Waals surface area contributed by atoms with Crippen molar-refractivity contribution in [2.45, 2.75) is 116 Å². The predicted octanol–water partition coefficient (Wildman–Crippen LogP) is 2.59. The second-order valence-electron chi connectivity index (χ2n) is 14.1. The van der Waals surface area contributed by atoms with Crippen molar-refractivity contribution in [2.24, 2.45) is 16.7 Å². The van der Waals surface area contributed by atoms with Crippen molar-refractivity contribution in [3.8, 4) is 0 Å². The zero-order valence-electron chi connectivity index (χ0n) is 28.4. The molecule has 2 saturated carbocycles. The molecule has 10 atom stereocenters. The molecule has 7 unspecified atom stereocenters. The van der Waals surface area contributed by atoms with E-state index in [0.29, 0.717) is 5.57 Å². The minimum Gasteiger partial charge on any atom is -0.462 e. The Morgan fingerprint density at radius 1 is 0.875 bits per heavy atom. The number of esters is 5. The van der Waals surface area contributed by atoms with Crippen molar-refractivity contribution < 1.29 is 62.6 Å². The summed E-state index contributed by atoms with van der Waals surface area (Å²) in [5, 5.41) is 23.9. The fourth-order valence-electron chi connectivity index (χ4n) is 8.97. The Hall–Kier alpha value is -3.81. The first kappa shape index (κ1) is 35.5. The maximum absolute atomic E-state index is 13.9. The monoisotopic (exact) mass is 672 g/mol. The Bertz CT molecular complexity index is 1530. The number of carbonyl (C=O) groups is 5. The van der Waals surface area contributed by atoms with E-state index in [2.05, 4.69) is 0 Å². The molecular weight excluding hydrogens is 628 g/mol. The minimum atomic E-state index is -1.84. The lowest BCUT2D eigenvalue weighted by atomic mass is 9.49. The SMILES string of the molecule is CC(=O)OC1CC2OC[C@@]2(OC(C)=O)C2C(OC(C)=O)[C@]3(C(C)(C)O)CC(O)C(C)=C3C(OC(=O)c3ccccc3)C(OC(C)=O)[C@]12C. The Morgan fingerprint density at radius 3 is 1.96 bits per heavy atom. The minimum absolute atomic E-state index is 0.0278. The summed E-state index contributed by atoms with van der Waals surface area (Å²) >= 11 is 0. The van der Waals surface area contributed by atoms with Gasteiger partial charge >= 0.3 is 29.8 Å². The highest BCUT2D eigenvalue weighted by Crippen LogP contribution is 2.68. The molecular formula is C35H44O13. The standard InChI is InChI=1S/C35H44O13/c1-17-23(40)15-34(32(6,7)42)26(17)27(47-31(41)22-12-10-9-11-13-22)29(45-19(3)37)33(8)24(44-18(2)36)14-25-35(16-43-25,48-21(5)39)28(33)30(34)46-20(4)38/h9-13,23-25,27-30,40,42H,14-16H2,1-8H3/t23?,24?,25?,27?,28?,29?,30?,33-,34+,35+/m1/s1. The van der Waals surface area contributed by atoms with Crippen LogP contribution in [0.5, 0.6) is 0 Å². The second-order valence-corrected chi connectivity index (χ2v) is 14.1. The second kappa shape index (κ2) is 12.3. The first-order valence-corrected chi connectivity index (χ1v) is 16.0. The number of rotatable bonds is 7. The van der Waals surface area contributed by atoms with Gasteiger partial charge in [-0.25, -0.2) is 4.79 Å². The van der Waals surface area contributed by atoms with E-state index in [1.807, 2.05) is 0 Å². The average Bonchev–Trinajstić information content (AvgIpc) is 3.21. The first-order valence-electron chi connectivity index (χ1n) is 16.0. The van der Waals surface area contributed by atoms with Gasteiger partial charge in [-0.1, -0.05) is 25.1 Å². The molecule has 0 radical (unpaired) electrons. The lowest BCUT2D eigenvalue weighted by molar-refractivity contribution is -0.352. The Kier molecular flexibility index (Phi) is 9.07. The molecule has 13 nitrogen and oxygen atoms in total. The quantitative estimate of drug-likeness (QED) is 0.245. The molecule has 262 valence electrons. The summed E-state index contributed by atoms with van der Waals surface area (Å²) in [6.45, 7) is 10.8. The third-order valence-corrected chi connectivity index (χ3v) is 10.8. The molecule has 0 bridgehead atoms. The summed E-state index contributed by atoms with van der Waals surface area (Å²) in [6, 6.07) is 8.08. The van der Waals surface area contributed by atoms with Gasteiger partial charge in [-0.05, 0) is 50.5 Å². The topological polar surface area (TPSA) is 181 Å². The summed E-state index contributed by atoms with van der Waals surface area (Å²) in [6.07, 6.45) is -7.94. The fraction of sp³-hybridized carbons (Fsp3) is 0.629. The molecule has 3 fully saturated rings. The molecule has 13 heteroatoms. The number of hydrogen-bond donors (Lipinski definition) is 2. The zero-order valence-corrected chi connectivity index (χ0v) is 28.4. The molecule has 0 spiro atoms. The van der Waals surface area contributed by atoms with Crippen LogP contribution in [0.3, 0.4) is 0 Å². The van der Waals surface area contributed by atoms with Gasteiger partial charge < -0.3 is 38.6 Å². The van der Waals surface area contributed by atoms with Crippen molar-refractivity contribution in [2.75, 3.05) is 6.61 Å². The molecule has 1 aliphatic heterocycles.